The maximum atomic E-state index is 12.8. The number of furan rings is 1. The fourth-order valence-electron chi connectivity index (χ4n) is 4.39. The van der Waals surface area contributed by atoms with E-state index in [4.69, 9.17) is 9.15 Å². The molecule has 0 N–H and O–H groups in total. The Kier molecular flexibility index (Phi) is 7.51. The predicted octanol–water partition coefficient (Wildman–Crippen LogP) is 3.93. The van der Waals surface area contributed by atoms with Crippen LogP contribution in [-0.4, -0.2) is 55.6 Å². The zero-order valence-electron chi connectivity index (χ0n) is 18.1. The van der Waals surface area contributed by atoms with Gasteiger partial charge in [-0.05, 0) is 36.1 Å². The molecule has 29 heavy (non-hydrogen) atoms. The summed E-state index contributed by atoms with van der Waals surface area (Å²) >= 11 is 0. The van der Waals surface area contributed by atoms with E-state index in [2.05, 4.69) is 36.1 Å². The lowest BCUT2D eigenvalue weighted by Crippen LogP contribution is -2.41. The number of aryl methyl sites for hydroxylation is 1. The van der Waals surface area contributed by atoms with Crippen LogP contribution in [-0.2, 0) is 16.1 Å². The van der Waals surface area contributed by atoms with Crippen molar-refractivity contribution < 1.29 is 13.9 Å². The molecular weight excluding hydrogens is 364 g/mol. The molecule has 1 aromatic carbocycles. The van der Waals surface area contributed by atoms with Crippen molar-refractivity contribution in [2.24, 2.45) is 11.8 Å². The van der Waals surface area contributed by atoms with Gasteiger partial charge < -0.3 is 14.1 Å². The Morgan fingerprint density at radius 1 is 1.24 bits per heavy atom. The number of carbonyl (C=O) groups excluding carboxylic acids is 1. The molecule has 1 aromatic heterocycles. The van der Waals surface area contributed by atoms with Gasteiger partial charge in [-0.1, -0.05) is 38.1 Å². The second kappa shape index (κ2) is 10.1. The number of ether oxygens (including phenoxy) is 1. The van der Waals surface area contributed by atoms with E-state index in [9.17, 15) is 4.79 Å². The first-order valence-corrected chi connectivity index (χ1v) is 10.6. The van der Waals surface area contributed by atoms with E-state index in [-0.39, 0.29) is 11.8 Å². The largest absolute Gasteiger partial charge is 0.468 e. The van der Waals surface area contributed by atoms with Gasteiger partial charge in [-0.2, -0.15) is 0 Å². The number of amides is 1. The maximum Gasteiger partial charge on any atom is 0.225 e. The molecule has 1 aliphatic heterocycles. The quantitative estimate of drug-likeness (QED) is 0.642. The lowest BCUT2D eigenvalue weighted by atomic mass is 9.86. The van der Waals surface area contributed by atoms with Crippen molar-refractivity contribution in [3.05, 3.63) is 59.5 Å². The molecule has 0 saturated carbocycles. The van der Waals surface area contributed by atoms with Crippen molar-refractivity contribution in [1.29, 1.82) is 0 Å². The third-order valence-corrected chi connectivity index (χ3v) is 5.89. The van der Waals surface area contributed by atoms with Gasteiger partial charge in [-0.15, -0.1) is 0 Å². The Morgan fingerprint density at radius 2 is 2.03 bits per heavy atom. The van der Waals surface area contributed by atoms with Crippen LogP contribution in [0.5, 0.6) is 0 Å². The Balaban J connectivity index is 1.81. The van der Waals surface area contributed by atoms with E-state index in [0.29, 0.717) is 25.0 Å². The Morgan fingerprint density at radius 3 is 2.69 bits per heavy atom. The molecule has 5 heteroatoms. The number of benzene rings is 1. The van der Waals surface area contributed by atoms with Crippen LogP contribution >= 0.6 is 0 Å². The second-order valence-electron chi connectivity index (χ2n) is 8.43. The summed E-state index contributed by atoms with van der Waals surface area (Å²) in [5.74, 6) is 1.96. The molecule has 3 rings (SSSR count). The minimum absolute atomic E-state index is 0.00982. The van der Waals surface area contributed by atoms with Gasteiger partial charge in [0.1, 0.15) is 5.76 Å². The average Bonchev–Trinajstić information content (AvgIpc) is 3.35. The molecule has 1 amide bonds. The highest BCUT2D eigenvalue weighted by Crippen LogP contribution is 2.36. The molecule has 0 radical (unpaired) electrons. The van der Waals surface area contributed by atoms with Gasteiger partial charge in [0.2, 0.25) is 5.91 Å². The third-order valence-electron chi connectivity index (χ3n) is 5.89. The van der Waals surface area contributed by atoms with E-state index in [0.717, 1.165) is 31.9 Å². The summed E-state index contributed by atoms with van der Waals surface area (Å²) in [7, 11) is 1.69. The van der Waals surface area contributed by atoms with Crippen molar-refractivity contribution in [3.8, 4) is 0 Å². The van der Waals surface area contributed by atoms with E-state index >= 15 is 0 Å². The minimum atomic E-state index is -0.00982. The van der Waals surface area contributed by atoms with Gasteiger partial charge in [-0.3, -0.25) is 9.69 Å². The highest BCUT2D eigenvalue weighted by atomic mass is 16.5. The number of nitrogens with zero attached hydrogens (tertiary/aromatic N) is 2. The van der Waals surface area contributed by atoms with Crippen LogP contribution in [0.4, 0.5) is 0 Å². The molecule has 1 aliphatic rings. The van der Waals surface area contributed by atoms with Crippen molar-refractivity contribution in [3.63, 3.8) is 0 Å². The molecule has 2 unspecified atom stereocenters. The number of carbonyl (C=O) groups is 1. The Bertz CT molecular complexity index is 772. The highest BCUT2D eigenvalue weighted by molar-refractivity contribution is 5.78. The molecular formula is C24H34N2O3. The monoisotopic (exact) mass is 398 g/mol. The molecule has 1 fully saturated rings. The number of hydrogen-bond acceptors (Lipinski definition) is 4. The molecule has 1 saturated heterocycles. The summed E-state index contributed by atoms with van der Waals surface area (Å²) in [6.45, 7) is 10.8. The molecule has 2 aromatic rings. The molecule has 158 valence electrons. The lowest BCUT2D eigenvalue weighted by Gasteiger charge is -2.30. The van der Waals surface area contributed by atoms with Gasteiger partial charge in [0, 0.05) is 45.1 Å². The van der Waals surface area contributed by atoms with Crippen LogP contribution in [0.3, 0.4) is 0 Å². The number of likely N-dealkylation sites (tertiary alicyclic amines) is 1. The van der Waals surface area contributed by atoms with Gasteiger partial charge in [0.15, 0.2) is 0 Å². The summed E-state index contributed by atoms with van der Waals surface area (Å²) < 4.78 is 10.8. The zero-order chi connectivity index (χ0) is 20.8. The van der Waals surface area contributed by atoms with Crippen LogP contribution in [0, 0.1) is 18.8 Å². The van der Waals surface area contributed by atoms with Crippen LogP contribution in [0.2, 0.25) is 0 Å². The van der Waals surface area contributed by atoms with Gasteiger partial charge >= 0.3 is 0 Å². The van der Waals surface area contributed by atoms with Crippen molar-refractivity contribution in [2.45, 2.75) is 33.2 Å². The zero-order valence-corrected chi connectivity index (χ0v) is 18.1. The van der Waals surface area contributed by atoms with Gasteiger partial charge in [0.05, 0.1) is 19.4 Å². The molecule has 0 spiro atoms. The van der Waals surface area contributed by atoms with Crippen LogP contribution < -0.4 is 0 Å². The maximum absolute atomic E-state index is 12.8. The van der Waals surface area contributed by atoms with Crippen LogP contribution in [0.15, 0.2) is 47.1 Å². The summed E-state index contributed by atoms with van der Waals surface area (Å²) in [6.07, 6.45) is 1.73. The topological polar surface area (TPSA) is 45.9 Å². The number of rotatable bonds is 9. The summed E-state index contributed by atoms with van der Waals surface area (Å²) in [5.41, 5.74) is 2.71. The molecule has 2 heterocycles. The van der Waals surface area contributed by atoms with Crippen molar-refractivity contribution in [1.82, 2.24) is 9.80 Å². The average molecular weight is 399 g/mol. The molecule has 2 atom stereocenters. The van der Waals surface area contributed by atoms with E-state index in [1.165, 1.54) is 11.1 Å². The first kappa shape index (κ1) is 21.6. The highest BCUT2D eigenvalue weighted by Gasteiger charge is 2.36. The Hall–Kier alpha value is -2.11. The van der Waals surface area contributed by atoms with E-state index < -0.39 is 0 Å². The van der Waals surface area contributed by atoms with Crippen molar-refractivity contribution >= 4 is 5.91 Å². The predicted molar refractivity (Wildman–Crippen MR) is 115 cm³/mol. The second-order valence-corrected chi connectivity index (χ2v) is 8.43. The Labute approximate surface area is 174 Å². The fourth-order valence-corrected chi connectivity index (χ4v) is 4.39. The summed E-state index contributed by atoms with van der Waals surface area (Å²) in [5, 5.41) is 0. The first-order valence-electron chi connectivity index (χ1n) is 10.6. The molecule has 5 nitrogen and oxygen atoms in total. The standard InChI is InChI=1S/C24H34N2O3/c1-18(2)24(27)26(11-13-28-4)15-20-14-25(16-21-9-7-12-29-21)17-23(20)22-10-6-5-8-19(22)3/h5-10,12,18,20,23H,11,13-17H2,1-4H3. The molecule has 0 aliphatic carbocycles. The van der Waals surface area contributed by atoms with Crippen LogP contribution in [0.1, 0.15) is 36.7 Å². The SMILES string of the molecule is COCCN(CC1CN(Cc2ccco2)CC1c1ccccc1C)C(=O)C(C)C. The number of methoxy groups -OCH3 is 1. The summed E-state index contributed by atoms with van der Waals surface area (Å²) in [4.78, 5) is 17.3. The summed E-state index contributed by atoms with van der Waals surface area (Å²) in [6, 6.07) is 12.6. The minimum Gasteiger partial charge on any atom is -0.468 e. The normalized spacial score (nSPS) is 19.8. The van der Waals surface area contributed by atoms with Gasteiger partial charge in [-0.25, -0.2) is 0 Å². The lowest BCUT2D eigenvalue weighted by molar-refractivity contribution is -0.135. The van der Waals surface area contributed by atoms with Crippen molar-refractivity contribution in [2.75, 3.05) is 39.9 Å². The number of hydrogen-bond donors (Lipinski definition) is 0. The van der Waals surface area contributed by atoms with E-state index in [1.807, 2.05) is 30.9 Å². The molecule has 0 bridgehead atoms. The third kappa shape index (κ3) is 5.49. The smallest absolute Gasteiger partial charge is 0.225 e. The first-order chi connectivity index (χ1) is 14.0. The van der Waals surface area contributed by atoms with Gasteiger partial charge in [0.25, 0.3) is 0 Å². The van der Waals surface area contributed by atoms with E-state index in [1.54, 1.807) is 13.4 Å². The van der Waals surface area contributed by atoms with Crippen LogP contribution in [0.25, 0.3) is 0 Å². The fraction of sp³-hybridized carbons (Fsp3) is 0.542.